The van der Waals surface area contributed by atoms with E-state index >= 15 is 0 Å². The summed E-state index contributed by atoms with van der Waals surface area (Å²) in [5.74, 6) is -5.02. The standard InChI is InChI=1S/C6H8O7.H5NSi/c7-3(8)1-6(13,5(11)12)2-4(9)10;1-2/h13H,1-2H2,(H,7,8)(H,9,10)(H,11,12);1H2,2H3. The summed E-state index contributed by atoms with van der Waals surface area (Å²) in [6, 6.07) is 0. The van der Waals surface area contributed by atoms with E-state index < -0.39 is 36.4 Å². The number of carboxylic acid groups (broad SMARTS) is 3. The molecule has 0 aromatic heterocycles. The Balaban J connectivity index is 0. The fraction of sp³-hybridized carbons (Fsp3) is 0.500. The minimum Gasteiger partial charge on any atom is -0.481 e. The molecule has 0 radical (unpaired) electrons. The molecule has 0 aromatic carbocycles. The Morgan fingerprint density at radius 2 is 1.27 bits per heavy atom. The highest BCUT2D eigenvalue weighted by Crippen LogP contribution is 2.15. The van der Waals surface area contributed by atoms with Crippen molar-refractivity contribution in [3.63, 3.8) is 0 Å². The second-order valence-electron chi connectivity index (χ2n) is 2.48. The molecule has 9 heteroatoms. The van der Waals surface area contributed by atoms with Crippen molar-refractivity contribution in [2.24, 2.45) is 5.40 Å². The van der Waals surface area contributed by atoms with Gasteiger partial charge in [-0.15, -0.1) is 0 Å². The number of aliphatic carboxylic acids is 3. The van der Waals surface area contributed by atoms with Gasteiger partial charge < -0.3 is 25.8 Å². The third-order valence-corrected chi connectivity index (χ3v) is 1.29. The van der Waals surface area contributed by atoms with Crippen LogP contribution < -0.4 is 5.40 Å². The zero-order valence-corrected chi connectivity index (χ0v) is 10.0. The molecule has 0 bridgehead atoms. The predicted octanol–water partition coefficient (Wildman–Crippen LogP) is -3.02. The van der Waals surface area contributed by atoms with Crippen LogP contribution in [0.5, 0.6) is 0 Å². The number of hydrogen-bond donors (Lipinski definition) is 5. The fourth-order valence-electron chi connectivity index (χ4n) is 0.714. The molecule has 15 heavy (non-hydrogen) atoms. The first-order valence-electron chi connectivity index (χ1n) is 3.75. The van der Waals surface area contributed by atoms with Crippen molar-refractivity contribution < 1.29 is 34.8 Å². The van der Waals surface area contributed by atoms with Gasteiger partial charge in [-0.1, -0.05) is 0 Å². The zero-order chi connectivity index (χ0) is 12.6. The Labute approximate surface area is 87.8 Å². The molecule has 0 aliphatic rings. The summed E-state index contributed by atoms with van der Waals surface area (Å²) in [5.41, 5.74) is -2.74. The van der Waals surface area contributed by atoms with Crippen molar-refractivity contribution in [3.8, 4) is 0 Å². The summed E-state index contributed by atoms with van der Waals surface area (Å²) in [6.07, 6.45) is -2.29. The maximum atomic E-state index is 10.3. The number of rotatable bonds is 5. The Bertz CT molecular complexity index is 238. The molecule has 0 unspecified atom stereocenters. The monoisotopic (exact) mass is 239 g/mol. The van der Waals surface area contributed by atoms with Gasteiger partial charge in [0.15, 0.2) is 5.60 Å². The smallest absolute Gasteiger partial charge is 0.336 e. The van der Waals surface area contributed by atoms with Gasteiger partial charge in [0.25, 0.3) is 0 Å². The van der Waals surface area contributed by atoms with Gasteiger partial charge in [0.1, 0.15) is 0 Å². The average Bonchev–Trinajstić information content (AvgIpc) is 2.04. The molecule has 0 amide bonds. The minimum atomic E-state index is -2.74. The Morgan fingerprint density at radius 1 is 1.00 bits per heavy atom. The van der Waals surface area contributed by atoms with Crippen molar-refractivity contribution in [1.82, 2.24) is 0 Å². The molecular formula is C6H13NO7Si. The van der Waals surface area contributed by atoms with E-state index in [9.17, 15) is 14.4 Å². The highest BCUT2D eigenvalue weighted by atomic mass is 28.2. The summed E-state index contributed by atoms with van der Waals surface area (Å²) in [7, 11) is 0.806. The summed E-state index contributed by atoms with van der Waals surface area (Å²) >= 11 is 0. The lowest BCUT2D eigenvalue weighted by Crippen LogP contribution is -2.42. The van der Waals surface area contributed by atoms with E-state index in [0.717, 1.165) is 10.4 Å². The first kappa shape index (κ1) is 16.0. The van der Waals surface area contributed by atoms with Gasteiger partial charge in [0, 0.05) is 0 Å². The van der Waals surface area contributed by atoms with Crippen LogP contribution in [0.2, 0.25) is 0 Å². The van der Waals surface area contributed by atoms with Crippen molar-refractivity contribution in [2.45, 2.75) is 18.4 Å². The maximum absolute atomic E-state index is 10.3. The molecule has 0 heterocycles. The number of carbonyl (C=O) groups is 3. The van der Waals surface area contributed by atoms with Crippen LogP contribution in [0.25, 0.3) is 0 Å². The number of nitrogens with two attached hydrogens (primary N) is 1. The summed E-state index contributed by atoms with van der Waals surface area (Å²) in [6.45, 7) is 0. The Morgan fingerprint density at radius 3 is 1.40 bits per heavy atom. The summed E-state index contributed by atoms with van der Waals surface area (Å²) < 4.78 is 0. The Hall–Kier alpha value is -1.45. The van der Waals surface area contributed by atoms with Crippen LogP contribution in [0, 0.1) is 0 Å². The summed E-state index contributed by atoms with van der Waals surface area (Å²) in [4.78, 5) is 30.5. The Kier molecular flexibility index (Phi) is 7.38. The number of carboxylic acids is 3. The lowest BCUT2D eigenvalue weighted by molar-refractivity contribution is -0.170. The lowest BCUT2D eigenvalue weighted by atomic mass is 9.96. The molecule has 0 saturated carbocycles. The second kappa shape index (κ2) is 6.92. The third-order valence-electron chi connectivity index (χ3n) is 1.29. The van der Waals surface area contributed by atoms with E-state index in [1.807, 2.05) is 0 Å². The van der Waals surface area contributed by atoms with Crippen LogP contribution in [-0.4, -0.2) is 54.3 Å². The topological polar surface area (TPSA) is 158 Å². The average molecular weight is 239 g/mol. The quantitative estimate of drug-likeness (QED) is 0.317. The largest absolute Gasteiger partial charge is 0.481 e. The normalized spacial score (nSPS) is 10.0. The molecular weight excluding hydrogens is 226 g/mol. The van der Waals surface area contributed by atoms with Gasteiger partial charge in [-0.2, -0.15) is 0 Å². The molecule has 0 aromatic rings. The number of hydrogen-bond acceptors (Lipinski definition) is 5. The van der Waals surface area contributed by atoms with Crippen LogP contribution >= 0.6 is 0 Å². The summed E-state index contributed by atoms with van der Waals surface area (Å²) in [5, 5.41) is 38.4. The van der Waals surface area contributed by atoms with Crippen LogP contribution in [-0.2, 0) is 14.4 Å². The molecule has 6 N–H and O–H groups in total. The number of aliphatic hydroxyl groups is 1. The van der Waals surface area contributed by atoms with Crippen LogP contribution in [0.3, 0.4) is 0 Å². The zero-order valence-electron chi connectivity index (χ0n) is 8.01. The van der Waals surface area contributed by atoms with Crippen LogP contribution in [0.4, 0.5) is 0 Å². The molecule has 8 nitrogen and oxygen atoms in total. The minimum absolute atomic E-state index is 0.806. The van der Waals surface area contributed by atoms with Crippen LogP contribution in [0.1, 0.15) is 12.8 Å². The van der Waals surface area contributed by atoms with Gasteiger partial charge in [-0.25, -0.2) is 4.79 Å². The highest BCUT2D eigenvalue weighted by Gasteiger charge is 2.40. The van der Waals surface area contributed by atoms with Gasteiger partial charge >= 0.3 is 17.9 Å². The third kappa shape index (κ3) is 6.60. The van der Waals surface area contributed by atoms with Gasteiger partial charge in [-0.3, -0.25) is 9.59 Å². The molecule has 0 spiro atoms. The highest BCUT2D eigenvalue weighted by molar-refractivity contribution is 6.02. The molecule has 0 atom stereocenters. The van der Waals surface area contributed by atoms with Crippen LogP contribution in [0.15, 0.2) is 0 Å². The second-order valence-corrected chi connectivity index (χ2v) is 2.48. The van der Waals surface area contributed by atoms with E-state index in [1.165, 1.54) is 0 Å². The van der Waals surface area contributed by atoms with Crippen molar-refractivity contribution >= 4 is 28.3 Å². The molecule has 88 valence electrons. The van der Waals surface area contributed by atoms with Gasteiger partial charge in [0.2, 0.25) is 0 Å². The molecule has 0 rings (SSSR count). The fourth-order valence-corrected chi connectivity index (χ4v) is 0.714. The van der Waals surface area contributed by atoms with Crippen molar-refractivity contribution in [1.29, 1.82) is 0 Å². The first-order chi connectivity index (χ1) is 6.78. The maximum Gasteiger partial charge on any atom is 0.336 e. The molecule has 0 saturated heterocycles. The van der Waals surface area contributed by atoms with Gasteiger partial charge in [-0.05, 0) is 0 Å². The predicted molar refractivity (Wildman–Crippen MR) is 51.2 cm³/mol. The van der Waals surface area contributed by atoms with Gasteiger partial charge in [0.05, 0.1) is 23.2 Å². The SMILES string of the molecule is N[SiH3].O=C(O)CC(O)(CC(=O)O)C(=O)O. The van der Waals surface area contributed by atoms with E-state index in [1.54, 1.807) is 0 Å². The first-order valence-corrected chi connectivity index (χ1v) is 4.90. The van der Waals surface area contributed by atoms with Crippen molar-refractivity contribution in [3.05, 3.63) is 0 Å². The van der Waals surface area contributed by atoms with E-state index in [0.29, 0.717) is 0 Å². The van der Waals surface area contributed by atoms with E-state index in [-0.39, 0.29) is 0 Å². The van der Waals surface area contributed by atoms with Crippen molar-refractivity contribution in [2.75, 3.05) is 0 Å². The molecule has 0 aliphatic carbocycles. The lowest BCUT2D eigenvalue weighted by Gasteiger charge is -2.18. The molecule has 0 aliphatic heterocycles. The van der Waals surface area contributed by atoms with E-state index in [4.69, 9.17) is 20.4 Å². The van der Waals surface area contributed by atoms with E-state index in [2.05, 4.69) is 5.40 Å². The molecule has 0 fully saturated rings.